The van der Waals surface area contributed by atoms with Crippen LogP contribution in [0.25, 0.3) is 89.5 Å². The summed E-state index contributed by atoms with van der Waals surface area (Å²) in [6.45, 7) is 20.1. The van der Waals surface area contributed by atoms with Crippen molar-refractivity contribution in [3.05, 3.63) is 288 Å². The zero-order valence-electron chi connectivity index (χ0n) is 66.7. The van der Waals surface area contributed by atoms with Crippen LogP contribution in [0.5, 0.6) is 0 Å². The Labute approximate surface area is 581 Å². The Kier molecular flexibility index (Phi) is 14.8. The van der Waals surface area contributed by atoms with E-state index in [1.165, 1.54) is 134 Å². The average Bonchev–Trinajstić information content (AvgIpc) is 1.36. The number of hydrogen-bond acceptors (Lipinski definition) is 3. The Bertz CT molecular complexity index is 5480. The molecule has 12 aromatic rings. The zero-order chi connectivity index (χ0) is 74.5. The molecule has 96 heavy (non-hydrogen) atoms. The zero-order valence-corrected chi connectivity index (χ0v) is 58.7. The summed E-state index contributed by atoms with van der Waals surface area (Å²) in [6, 6.07) is 53.2. The molecular weight excluding hydrogens is 1170 g/mol. The second-order valence-electron chi connectivity index (χ2n) is 28.1. The van der Waals surface area contributed by atoms with E-state index in [1.807, 2.05) is 57.0 Å². The van der Waals surface area contributed by atoms with E-state index in [-0.39, 0.29) is 11.1 Å². The van der Waals surface area contributed by atoms with E-state index < -0.39 is 25.5 Å². The smallest absolute Gasteiger partial charge is 0.212 e. The van der Waals surface area contributed by atoms with Crippen molar-refractivity contribution < 1.29 is 29.2 Å². The molecule has 0 saturated heterocycles. The van der Waals surface area contributed by atoms with E-state index in [0.29, 0.717) is 5.56 Å². The van der Waals surface area contributed by atoms with Crippen LogP contribution in [0.2, 0.25) is 0 Å². The molecule has 7 heterocycles. The largest absolute Gasteiger partial charge is 0.257 e. The third kappa shape index (κ3) is 12.5. The van der Waals surface area contributed by atoms with Crippen LogP contribution in [-0.4, -0.2) is 15.0 Å². The van der Waals surface area contributed by atoms with E-state index in [0.717, 1.165) is 76.5 Å². The minimum atomic E-state index is -2.41. The van der Waals surface area contributed by atoms with Crippen molar-refractivity contribution in [2.45, 2.75) is 129 Å². The van der Waals surface area contributed by atoms with Gasteiger partial charge < -0.3 is 0 Å². The molecule has 0 unspecified atom stereocenters. The molecule has 7 nitrogen and oxygen atoms in total. The maximum Gasteiger partial charge on any atom is 0.212 e. The van der Waals surface area contributed by atoms with E-state index in [4.69, 9.17) is 25.9 Å². The molecular formula is C89H93N7+4. The van der Waals surface area contributed by atoms with Crippen molar-refractivity contribution in [1.29, 1.82) is 0 Å². The summed E-state index contributed by atoms with van der Waals surface area (Å²) in [5.41, 5.74) is 40.4. The Balaban J connectivity index is 0.000000125. The summed E-state index contributed by atoms with van der Waals surface area (Å²) >= 11 is 0. The molecule has 4 aliphatic carbocycles. The number of pyridine rings is 7. The molecule has 7 aromatic heterocycles. The molecule has 0 atom stereocenters. The van der Waals surface area contributed by atoms with Gasteiger partial charge in [-0.1, -0.05) is 87.0 Å². The molecule has 4 aliphatic rings. The summed E-state index contributed by atoms with van der Waals surface area (Å²) in [5.74, 6) is 0. The van der Waals surface area contributed by atoms with Crippen molar-refractivity contribution in [2.75, 3.05) is 0 Å². The number of hydrogen-bond donors (Lipinski definition) is 0. The van der Waals surface area contributed by atoms with Gasteiger partial charge in [-0.2, -0.15) is 0 Å². The Morgan fingerprint density at radius 3 is 1.26 bits per heavy atom. The highest BCUT2D eigenvalue weighted by atomic mass is 14.9. The molecule has 0 fully saturated rings. The number of fused-ring (bicyclic) bond motifs is 12. The van der Waals surface area contributed by atoms with Crippen molar-refractivity contribution in [3.63, 3.8) is 0 Å². The SMILES string of the molecule is Cc1cc[n+](C)c(-c2ccc3c(c2C)-c2ccc(C)nc2C3)c1.Cc1ccc2c(n1)Cc1ccc(-c3cccc[n+]3C)c(C)c1-2.[2H]C([2H])([2H])c1c[n+](C)c(-c2ccc3c(c2C)-c2ccc(C)cc2C3)cc1C([2H])([2H])C(C)(C)C.[2H]C([2H])([2H])c1ccc(-c2ccc3c(c2C)-c2ccc(C)nc2C3)[n+](C)c1. The summed E-state index contributed by atoms with van der Waals surface area (Å²) in [6.07, 6.45) is 9.39. The van der Waals surface area contributed by atoms with Gasteiger partial charge in [-0.15, -0.1) is 0 Å². The highest BCUT2D eigenvalue weighted by Gasteiger charge is 2.30. The lowest BCUT2D eigenvalue weighted by Gasteiger charge is -2.20. The molecule has 7 heteroatoms. The molecule has 0 aliphatic heterocycles. The number of nitrogens with zero attached hydrogens (tertiary/aromatic N) is 7. The summed E-state index contributed by atoms with van der Waals surface area (Å²) in [5, 5.41) is 0. The van der Waals surface area contributed by atoms with Gasteiger partial charge in [0, 0.05) is 134 Å². The first-order valence-electron chi connectivity index (χ1n) is 37.6. The van der Waals surface area contributed by atoms with Crippen LogP contribution in [0.3, 0.4) is 0 Å². The minimum absolute atomic E-state index is 0.0632. The molecule has 0 N–H and O–H groups in total. The van der Waals surface area contributed by atoms with Crippen LogP contribution in [0, 0.1) is 81.4 Å². The van der Waals surface area contributed by atoms with Crippen LogP contribution < -0.4 is 18.3 Å². The van der Waals surface area contributed by atoms with Crippen LogP contribution in [0.15, 0.2) is 176 Å². The third-order valence-corrected chi connectivity index (χ3v) is 19.7. The van der Waals surface area contributed by atoms with Crippen LogP contribution in [0.1, 0.15) is 144 Å². The average molecular weight is 1270 g/mol. The Morgan fingerprint density at radius 1 is 0.365 bits per heavy atom. The van der Waals surface area contributed by atoms with E-state index in [9.17, 15) is 0 Å². The van der Waals surface area contributed by atoms with Crippen molar-refractivity contribution in [3.8, 4) is 89.5 Å². The van der Waals surface area contributed by atoms with Crippen molar-refractivity contribution in [2.24, 2.45) is 33.6 Å². The van der Waals surface area contributed by atoms with Gasteiger partial charge in [0.25, 0.3) is 0 Å². The normalized spacial score (nSPS) is 14.0. The van der Waals surface area contributed by atoms with Gasteiger partial charge in [-0.25, -0.2) is 18.3 Å². The molecule has 0 bridgehead atoms. The van der Waals surface area contributed by atoms with Gasteiger partial charge in [-0.3, -0.25) is 15.0 Å². The summed E-state index contributed by atoms with van der Waals surface area (Å²) < 4.78 is 72.8. The monoisotopic (exact) mass is 1270 g/mol. The third-order valence-electron chi connectivity index (χ3n) is 19.7. The van der Waals surface area contributed by atoms with Gasteiger partial charge in [0.2, 0.25) is 22.8 Å². The fourth-order valence-electron chi connectivity index (χ4n) is 15.1. The predicted molar refractivity (Wildman–Crippen MR) is 394 cm³/mol. The highest BCUT2D eigenvalue weighted by molar-refractivity contribution is 5.87. The number of aryl methyl sites for hydroxylation is 11. The molecule has 5 aromatic carbocycles. The lowest BCUT2D eigenvalue weighted by Crippen LogP contribution is -2.32. The fourth-order valence-corrected chi connectivity index (χ4v) is 15.1. The molecule has 0 saturated carbocycles. The molecule has 480 valence electrons. The van der Waals surface area contributed by atoms with Crippen LogP contribution in [0.4, 0.5) is 0 Å². The van der Waals surface area contributed by atoms with Gasteiger partial charge in [0.05, 0.1) is 17.1 Å². The van der Waals surface area contributed by atoms with E-state index in [1.54, 1.807) is 24.5 Å². The van der Waals surface area contributed by atoms with E-state index in [2.05, 4.69) is 224 Å². The second-order valence-corrected chi connectivity index (χ2v) is 28.1. The molecule has 0 spiro atoms. The van der Waals surface area contributed by atoms with E-state index >= 15 is 0 Å². The van der Waals surface area contributed by atoms with Crippen molar-refractivity contribution >= 4 is 0 Å². The van der Waals surface area contributed by atoms with Gasteiger partial charge in [-0.05, 0) is 238 Å². The first kappa shape index (κ1) is 55.4. The van der Waals surface area contributed by atoms with Gasteiger partial charge in [0.1, 0.15) is 28.2 Å². The summed E-state index contributed by atoms with van der Waals surface area (Å²) in [4.78, 5) is 14.2. The lowest BCUT2D eigenvalue weighted by molar-refractivity contribution is -0.660. The number of rotatable bonds is 5. The fraction of sp³-hybridized carbons (Fsp3) is 0.270. The Morgan fingerprint density at radius 2 is 0.781 bits per heavy atom. The predicted octanol–water partition coefficient (Wildman–Crippen LogP) is 18.2. The summed E-state index contributed by atoms with van der Waals surface area (Å²) in [7, 11) is 7.95. The van der Waals surface area contributed by atoms with Crippen LogP contribution in [-0.2, 0) is 60.2 Å². The van der Waals surface area contributed by atoms with Gasteiger partial charge >= 0.3 is 0 Å². The minimum Gasteiger partial charge on any atom is -0.257 e. The first-order valence-corrected chi connectivity index (χ1v) is 33.6. The quantitative estimate of drug-likeness (QED) is 0.161. The molecule has 0 amide bonds. The van der Waals surface area contributed by atoms with Crippen molar-refractivity contribution in [1.82, 2.24) is 15.0 Å². The van der Waals surface area contributed by atoms with Crippen LogP contribution >= 0.6 is 0 Å². The highest BCUT2D eigenvalue weighted by Crippen LogP contribution is 2.46. The molecule has 16 rings (SSSR count). The van der Waals surface area contributed by atoms with Gasteiger partial charge in [0.15, 0.2) is 24.8 Å². The first-order chi connectivity index (χ1) is 49.1. The second kappa shape index (κ2) is 25.7. The lowest BCUT2D eigenvalue weighted by atomic mass is 9.86. The number of aromatic nitrogens is 7. The molecule has 0 radical (unpaired) electrons. The topological polar surface area (TPSA) is 54.2 Å². The maximum atomic E-state index is 8.87. The Hall–Kier alpha value is -9.85. The maximum absolute atomic E-state index is 8.87. The number of benzene rings is 5. The standard InChI is InChI=1S/C27H32N.2C21H21N2.C20H19N2/c1-17-8-10-24-21(12-17)13-20-9-11-23(19(3)26(20)24)25-14-22(15-27(4,5)6)18(2)16-28(25)7;1-13-5-10-20(23(4)12-13)17-9-7-16-11-19-18(21(16)15(17)3)8-6-14(2)22-19;1-13-9-10-23(4)20(11-13)17-8-6-16-12-19-18(21(16)15(17)3)7-5-14(2)22-19;1-13-7-9-17-18(21-13)12-15-8-10-16(14(2)20(15)17)19-6-4-5-11-22(19)3/h8-12,14,16H,13,15H2,1-7H3;5-10,12H,11H2,1-4H3;5-11H,12H2,1-4H3;4-11H,12H2,1-3H3/q4*+1/i2D3,15D2;1D3;;.